The minimum atomic E-state index is 0.188. The number of benzene rings is 1. The quantitative estimate of drug-likeness (QED) is 0.762. The predicted molar refractivity (Wildman–Crippen MR) is 70.6 cm³/mol. The van der Waals surface area contributed by atoms with Crippen molar-refractivity contribution in [2.24, 2.45) is 0 Å². The molecule has 0 radical (unpaired) electrons. The Labute approximate surface area is 104 Å². The van der Waals surface area contributed by atoms with Crippen molar-refractivity contribution in [3.8, 4) is 5.75 Å². The van der Waals surface area contributed by atoms with Crippen LogP contribution in [0.1, 0.15) is 24.5 Å². The van der Waals surface area contributed by atoms with Crippen molar-refractivity contribution in [2.75, 3.05) is 19.8 Å². The molecule has 0 heterocycles. The van der Waals surface area contributed by atoms with Crippen LogP contribution in [0.4, 0.5) is 0 Å². The van der Waals surface area contributed by atoms with Crippen LogP contribution in [-0.4, -0.2) is 30.9 Å². The minimum absolute atomic E-state index is 0.188. The van der Waals surface area contributed by atoms with Gasteiger partial charge >= 0.3 is 0 Å². The average Bonchev–Trinajstić information content (AvgIpc) is 2.25. The zero-order valence-electron chi connectivity index (χ0n) is 11.0. The number of nitrogens with one attached hydrogen (secondary N) is 1. The lowest BCUT2D eigenvalue weighted by molar-refractivity contribution is 0.215. The van der Waals surface area contributed by atoms with Gasteiger partial charge in [-0.3, -0.25) is 0 Å². The zero-order valence-corrected chi connectivity index (χ0v) is 11.0. The third kappa shape index (κ3) is 5.20. The van der Waals surface area contributed by atoms with Gasteiger partial charge in [-0.15, -0.1) is 0 Å². The molecule has 1 aromatic carbocycles. The second-order valence-corrected chi connectivity index (χ2v) is 4.40. The van der Waals surface area contributed by atoms with Gasteiger partial charge in [0.1, 0.15) is 12.4 Å². The van der Waals surface area contributed by atoms with E-state index in [0.717, 1.165) is 18.7 Å². The Morgan fingerprint density at radius 3 is 2.41 bits per heavy atom. The Kier molecular flexibility index (Phi) is 6.01. The molecule has 0 saturated heterocycles. The molecule has 0 aliphatic heterocycles. The van der Waals surface area contributed by atoms with Crippen LogP contribution in [0.3, 0.4) is 0 Å². The van der Waals surface area contributed by atoms with Gasteiger partial charge in [-0.25, -0.2) is 0 Å². The number of ether oxygens (including phenoxy) is 1. The topological polar surface area (TPSA) is 41.5 Å². The second-order valence-electron chi connectivity index (χ2n) is 4.40. The van der Waals surface area contributed by atoms with Gasteiger partial charge in [0.25, 0.3) is 0 Å². The molecule has 96 valence electrons. The molecule has 1 aromatic rings. The van der Waals surface area contributed by atoms with Crippen LogP contribution in [0.5, 0.6) is 5.75 Å². The maximum atomic E-state index is 8.95. The van der Waals surface area contributed by atoms with E-state index in [1.807, 2.05) is 12.1 Å². The molecule has 0 amide bonds. The van der Waals surface area contributed by atoms with Crippen molar-refractivity contribution >= 4 is 0 Å². The number of hydrogen-bond acceptors (Lipinski definition) is 3. The molecule has 1 unspecified atom stereocenters. The van der Waals surface area contributed by atoms with Gasteiger partial charge in [-0.05, 0) is 50.1 Å². The highest BCUT2D eigenvalue weighted by Gasteiger charge is 2.07. The first kappa shape index (κ1) is 14.0. The third-order valence-corrected chi connectivity index (χ3v) is 2.62. The molecule has 17 heavy (non-hydrogen) atoms. The van der Waals surface area contributed by atoms with E-state index < -0.39 is 0 Å². The summed E-state index contributed by atoms with van der Waals surface area (Å²) in [6.07, 6.45) is 0.721. The second kappa shape index (κ2) is 7.30. The summed E-state index contributed by atoms with van der Waals surface area (Å²) >= 11 is 0. The Balaban J connectivity index is 2.52. The Bertz CT molecular complexity index is 313. The van der Waals surface area contributed by atoms with Crippen molar-refractivity contribution in [1.29, 1.82) is 0 Å². The van der Waals surface area contributed by atoms with Gasteiger partial charge in [-0.2, -0.15) is 0 Å². The number of likely N-dealkylation sites (N-methyl/N-ethyl adjacent to an activating group) is 1. The molecular formula is C14H23NO2. The first-order chi connectivity index (χ1) is 8.15. The van der Waals surface area contributed by atoms with Gasteiger partial charge in [0.15, 0.2) is 0 Å². The molecule has 3 nitrogen and oxygen atoms in total. The molecular weight excluding hydrogens is 214 g/mol. The number of aliphatic hydroxyl groups is 1. The molecule has 0 aliphatic rings. The fraction of sp³-hybridized carbons (Fsp3) is 0.571. The van der Waals surface area contributed by atoms with E-state index in [2.05, 4.69) is 32.2 Å². The van der Waals surface area contributed by atoms with Crippen molar-refractivity contribution in [2.45, 2.75) is 33.2 Å². The highest BCUT2D eigenvalue weighted by Crippen LogP contribution is 2.16. The summed E-state index contributed by atoms with van der Waals surface area (Å²) in [6.45, 7) is 7.86. The van der Waals surface area contributed by atoms with Crippen LogP contribution in [0.25, 0.3) is 0 Å². The number of hydrogen-bond donors (Lipinski definition) is 2. The summed E-state index contributed by atoms with van der Waals surface area (Å²) in [5.74, 6) is 0.906. The monoisotopic (exact) mass is 237 g/mol. The fourth-order valence-corrected chi connectivity index (χ4v) is 1.90. The Hall–Kier alpha value is -1.06. The molecule has 0 aliphatic carbocycles. The third-order valence-electron chi connectivity index (χ3n) is 2.62. The lowest BCUT2D eigenvalue weighted by Gasteiger charge is -2.18. The van der Waals surface area contributed by atoms with Gasteiger partial charge in [0.05, 0.1) is 0 Å². The van der Waals surface area contributed by atoms with Crippen molar-refractivity contribution in [1.82, 2.24) is 5.32 Å². The molecule has 1 atom stereocenters. The fourth-order valence-electron chi connectivity index (χ4n) is 1.90. The van der Waals surface area contributed by atoms with Crippen LogP contribution in [-0.2, 0) is 0 Å². The van der Waals surface area contributed by atoms with Gasteiger partial charge in [-0.1, -0.05) is 13.0 Å². The van der Waals surface area contributed by atoms with Crippen LogP contribution in [0.15, 0.2) is 18.2 Å². The predicted octanol–water partition coefficient (Wildman–Crippen LogP) is 2.04. The maximum Gasteiger partial charge on any atom is 0.119 e. The molecule has 3 heteroatoms. The van der Waals surface area contributed by atoms with Crippen molar-refractivity contribution in [3.63, 3.8) is 0 Å². The molecule has 1 rings (SSSR count). The van der Waals surface area contributed by atoms with Gasteiger partial charge < -0.3 is 15.2 Å². The van der Waals surface area contributed by atoms with E-state index in [9.17, 15) is 0 Å². The lowest BCUT2D eigenvalue weighted by atomic mass is 10.1. The molecule has 0 aromatic heterocycles. The van der Waals surface area contributed by atoms with Gasteiger partial charge in [0, 0.05) is 12.6 Å². The van der Waals surface area contributed by atoms with Crippen molar-refractivity contribution < 1.29 is 9.84 Å². The van der Waals surface area contributed by atoms with Gasteiger partial charge in [0.2, 0.25) is 0 Å². The summed E-state index contributed by atoms with van der Waals surface area (Å²) in [5, 5.41) is 12.3. The standard InChI is InChI=1S/C14H23NO2/c1-4-15-13(5-6-16)10-17-14-8-11(2)7-12(3)9-14/h7-9,13,15-16H,4-6,10H2,1-3H3. The summed E-state index contributed by atoms with van der Waals surface area (Å²) in [4.78, 5) is 0. The van der Waals surface area contributed by atoms with E-state index >= 15 is 0 Å². The van der Waals surface area contributed by atoms with Crippen molar-refractivity contribution in [3.05, 3.63) is 29.3 Å². The van der Waals surface area contributed by atoms with Crippen LogP contribution in [0.2, 0.25) is 0 Å². The Morgan fingerprint density at radius 2 is 1.88 bits per heavy atom. The zero-order chi connectivity index (χ0) is 12.7. The largest absolute Gasteiger partial charge is 0.492 e. The first-order valence-corrected chi connectivity index (χ1v) is 6.21. The summed E-state index contributed by atoms with van der Waals surface area (Å²) in [7, 11) is 0. The molecule has 0 bridgehead atoms. The smallest absolute Gasteiger partial charge is 0.119 e. The number of aryl methyl sites for hydroxylation is 2. The average molecular weight is 237 g/mol. The molecule has 0 spiro atoms. The number of rotatable bonds is 7. The normalized spacial score (nSPS) is 12.5. The molecule has 0 fully saturated rings. The molecule has 0 saturated carbocycles. The highest BCUT2D eigenvalue weighted by molar-refractivity contribution is 5.32. The maximum absolute atomic E-state index is 8.95. The highest BCUT2D eigenvalue weighted by atomic mass is 16.5. The minimum Gasteiger partial charge on any atom is -0.492 e. The van der Waals surface area contributed by atoms with E-state index in [-0.39, 0.29) is 12.6 Å². The van der Waals surface area contributed by atoms with E-state index in [4.69, 9.17) is 9.84 Å². The SMILES string of the molecule is CCNC(CCO)COc1cc(C)cc(C)c1. The van der Waals surface area contributed by atoms with E-state index in [1.165, 1.54) is 11.1 Å². The summed E-state index contributed by atoms with van der Waals surface area (Å²) in [5.41, 5.74) is 2.42. The van der Waals surface area contributed by atoms with Crippen LogP contribution >= 0.6 is 0 Å². The number of aliphatic hydroxyl groups excluding tert-OH is 1. The van der Waals surface area contributed by atoms with Crippen LogP contribution in [0, 0.1) is 13.8 Å². The lowest BCUT2D eigenvalue weighted by Crippen LogP contribution is -2.35. The Morgan fingerprint density at radius 1 is 1.24 bits per heavy atom. The van der Waals surface area contributed by atoms with E-state index in [0.29, 0.717) is 6.61 Å². The summed E-state index contributed by atoms with van der Waals surface area (Å²) < 4.78 is 5.76. The van der Waals surface area contributed by atoms with Crippen LogP contribution < -0.4 is 10.1 Å². The first-order valence-electron chi connectivity index (χ1n) is 6.21. The summed E-state index contributed by atoms with van der Waals surface area (Å²) in [6, 6.07) is 6.41. The van der Waals surface area contributed by atoms with E-state index in [1.54, 1.807) is 0 Å². The molecule has 2 N–H and O–H groups in total.